The lowest BCUT2D eigenvalue weighted by molar-refractivity contribution is 0.296. The normalized spacial score (nSPS) is 15.7. The smallest absolute Gasteiger partial charge is 0.125 e. The fourth-order valence-electron chi connectivity index (χ4n) is 4.25. The summed E-state index contributed by atoms with van der Waals surface area (Å²) in [5.41, 5.74) is 6.05. The van der Waals surface area contributed by atoms with Gasteiger partial charge in [-0.05, 0) is 60.0 Å². The van der Waals surface area contributed by atoms with E-state index in [2.05, 4.69) is 46.7 Å². The van der Waals surface area contributed by atoms with Gasteiger partial charge in [0.05, 0.1) is 13.2 Å². The zero-order valence-corrected chi connectivity index (χ0v) is 17.5. The summed E-state index contributed by atoms with van der Waals surface area (Å²) in [6, 6.07) is 22.4. The summed E-state index contributed by atoms with van der Waals surface area (Å²) < 4.78 is 11.6. The first-order valence-corrected chi connectivity index (χ1v) is 10.5. The van der Waals surface area contributed by atoms with Gasteiger partial charge in [0.25, 0.3) is 0 Å². The molecule has 152 valence electrons. The van der Waals surface area contributed by atoms with Crippen molar-refractivity contribution in [3.05, 3.63) is 94.1 Å². The summed E-state index contributed by atoms with van der Waals surface area (Å²) in [7, 11) is 1.69. The van der Waals surface area contributed by atoms with Gasteiger partial charge in [-0.25, -0.2) is 0 Å². The first kappa shape index (κ1) is 19.0. The quantitative estimate of drug-likeness (QED) is 0.440. The van der Waals surface area contributed by atoms with Crippen LogP contribution in [0.25, 0.3) is 10.9 Å². The molecule has 4 nitrogen and oxygen atoms in total. The Kier molecular flexibility index (Phi) is 5.11. The third-order valence-corrected chi connectivity index (χ3v) is 5.96. The molecular weight excluding hydrogens is 396 g/mol. The molecule has 0 unspecified atom stereocenters. The number of nitrogens with one attached hydrogen (secondary N) is 2. The molecule has 30 heavy (non-hydrogen) atoms. The Morgan fingerprint density at radius 2 is 1.87 bits per heavy atom. The highest BCUT2D eigenvalue weighted by Gasteiger charge is 2.25. The number of hydrogen-bond acceptors (Lipinski definition) is 3. The molecule has 0 spiro atoms. The maximum absolute atomic E-state index is 5.98. The monoisotopic (exact) mass is 418 g/mol. The van der Waals surface area contributed by atoms with Crippen LogP contribution in [-0.2, 0) is 13.0 Å². The minimum Gasteiger partial charge on any atom is -0.496 e. The first-order valence-electron chi connectivity index (χ1n) is 10.1. The van der Waals surface area contributed by atoms with Crippen LogP contribution in [0.3, 0.4) is 0 Å². The van der Waals surface area contributed by atoms with E-state index in [0.717, 1.165) is 30.0 Å². The summed E-state index contributed by atoms with van der Waals surface area (Å²) in [5, 5.41) is 5.68. The highest BCUT2D eigenvalue weighted by molar-refractivity contribution is 6.30. The molecule has 0 bridgehead atoms. The second-order valence-electron chi connectivity index (χ2n) is 7.51. The van der Waals surface area contributed by atoms with Crippen molar-refractivity contribution in [3.63, 3.8) is 0 Å². The van der Waals surface area contributed by atoms with Crippen LogP contribution in [0.1, 0.15) is 28.4 Å². The molecule has 1 aliphatic heterocycles. The number of hydrogen-bond donors (Lipinski definition) is 2. The molecule has 0 saturated heterocycles. The van der Waals surface area contributed by atoms with Crippen LogP contribution in [0.2, 0.25) is 5.02 Å². The van der Waals surface area contributed by atoms with Crippen molar-refractivity contribution in [1.82, 2.24) is 10.3 Å². The lowest BCUT2D eigenvalue weighted by atomic mass is 9.93. The second kappa shape index (κ2) is 8.05. The van der Waals surface area contributed by atoms with E-state index in [-0.39, 0.29) is 6.04 Å². The van der Waals surface area contributed by atoms with Crippen LogP contribution in [0.4, 0.5) is 0 Å². The molecule has 3 aromatic carbocycles. The number of benzene rings is 3. The average Bonchev–Trinajstić information content (AvgIpc) is 3.17. The number of rotatable bonds is 5. The molecule has 1 aromatic heterocycles. The van der Waals surface area contributed by atoms with Crippen molar-refractivity contribution in [2.75, 3.05) is 13.7 Å². The number of fused-ring (bicyclic) bond motifs is 3. The maximum atomic E-state index is 5.98. The van der Waals surface area contributed by atoms with Gasteiger partial charge < -0.3 is 19.8 Å². The average molecular weight is 419 g/mol. The van der Waals surface area contributed by atoms with Crippen LogP contribution in [0, 0.1) is 0 Å². The van der Waals surface area contributed by atoms with Gasteiger partial charge in [-0.15, -0.1) is 0 Å². The largest absolute Gasteiger partial charge is 0.496 e. The highest BCUT2D eigenvalue weighted by atomic mass is 35.5. The molecule has 0 amide bonds. The van der Waals surface area contributed by atoms with E-state index < -0.39 is 0 Å². The Bertz CT molecular complexity index is 1180. The summed E-state index contributed by atoms with van der Waals surface area (Å²) in [5.74, 6) is 1.60. The minimum absolute atomic E-state index is 0.112. The topological polar surface area (TPSA) is 46.3 Å². The summed E-state index contributed by atoms with van der Waals surface area (Å²) in [4.78, 5) is 3.64. The van der Waals surface area contributed by atoms with Crippen LogP contribution < -0.4 is 14.8 Å². The SMILES string of the molecule is COc1ccc([C@@H]2NCCc3c2[nH]c2ccccc32)cc1COc1ccc(Cl)cc1. The van der Waals surface area contributed by atoms with Gasteiger partial charge in [0.15, 0.2) is 0 Å². The Balaban J connectivity index is 1.47. The van der Waals surface area contributed by atoms with Gasteiger partial charge >= 0.3 is 0 Å². The Hall–Kier alpha value is -2.95. The van der Waals surface area contributed by atoms with Crippen molar-refractivity contribution in [3.8, 4) is 11.5 Å². The van der Waals surface area contributed by atoms with E-state index in [1.54, 1.807) is 7.11 Å². The Labute approximate surface area is 180 Å². The molecule has 1 atom stereocenters. The number of aromatic amines is 1. The van der Waals surface area contributed by atoms with Gasteiger partial charge in [-0.1, -0.05) is 35.9 Å². The number of ether oxygens (including phenoxy) is 2. The van der Waals surface area contributed by atoms with E-state index in [1.807, 2.05) is 30.3 Å². The molecule has 0 aliphatic carbocycles. The number of para-hydroxylation sites is 1. The van der Waals surface area contributed by atoms with Gasteiger partial charge in [-0.2, -0.15) is 0 Å². The molecule has 2 N–H and O–H groups in total. The van der Waals surface area contributed by atoms with Crippen LogP contribution in [0.15, 0.2) is 66.7 Å². The molecule has 5 rings (SSSR count). The van der Waals surface area contributed by atoms with Gasteiger partial charge in [0.2, 0.25) is 0 Å². The Morgan fingerprint density at radius 3 is 2.70 bits per heavy atom. The van der Waals surface area contributed by atoms with E-state index in [0.29, 0.717) is 11.6 Å². The summed E-state index contributed by atoms with van der Waals surface area (Å²) >= 11 is 5.97. The lowest BCUT2D eigenvalue weighted by Crippen LogP contribution is -2.30. The first-order chi connectivity index (χ1) is 14.7. The third-order valence-electron chi connectivity index (χ3n) is 5.70. The molecular formula is C25H23ClN2O2. The molecule has 4 aromatic rings. The van der Waals surface area contributed by atoms with Crippen LogP contribution in [-0.4, -0.2) is 18.6 Å². The fourth-order valence-corrected chi connectivity index (χ4v) is 4.37. The van der Waals surface area contributed by atoms with Crippen LogP contribution in [0.5, 0.6) is 11.5 Å². The van der Waals surface area contributed by atoms with Crippen molar-refractivity contribution < 1.29 is 9.47 Å². The number of methoxy groups -OCH3 is 1. The molecule has 2 heterocycles. The molecule has 1 aliphatic rings. The van der Waals surface area contributed by atoms with Gasteiger partial charge in [-0.3, -0.25) is 0 Å². The molecule has 0 radical (unpaired) electrons. The highest BCUT2D eigenvalue weighted by Crippen LogP contribution is 2.35. The van der Waals surface area contributed by atoms with Crippen molar-refractivity contribution in [2.24, 2.45) is 0 Å². The van der Waals surface area contributed by atoms with Crippen molar-refractivity contribution >= 4 is 22.5 Å². The maximum Gasteiger partial charge on any atom is 0.125 e. The number of aromatic nitrogens is 1. The van der Waals surface area contributed by atoms with Crippen molar-refractivity contribution in [1.29, 1.82) is 0 Å². The third kappa shape index (κ3) is 3.53. The van der Waals surface area contributed by atoms with Crippen molar-refractivity contribution in [2.45, 2.75) is 19.1 Å². The molecule has 0 saturated carbocycles. The van der Waals surface area contributed by atoms with E-state index in [1.165, 1.54) is 27.7 Å². The van der Waals surface area contributed by atoms with E-state index in [9.17, 15) is 0 Å². The van der Waals surface area contributed by atoms with Gasteiger partial charge in [0, 0.05) is 33.7 Å². The lowest BCUT2D eigenvalue weighted by Gasteiger charge is -2.25. The van der Waals surface area contributed by atoms with E-state index in [4.69, 9.17) is 21.1 Å². The summed E-state index contributed by atoms with van der Waals surface area (Å²) in [6.45, 7) is 1.37. The number of H-pyrrole nitrogens is 1. The van der Waals surface area contributed by atoms with Gasteiger partial charge in [0.1, 0.15) is 18.1 Å². The fraction of sp³-hybridized carbons (Fsp3) is 0.200. The zero-order valence-electron chi connectivity index (χ0n) is 16.7. The zero-order chi connectivity index (χ0) is 20.5. The summed E-state index contributed by atoms with van der Waals surface area (Å²) in [6.07, 6.45) is 1.03. The van der Waals surface area contributed by atoms with Crippen LogP contribution >= 0.6 is 11.6 Å². The predicted molar refractivity (Wildman–Crippen MR) is 121 cm³/mol. The molecule has 0 fully saturated rings. The minimum atomic E-state index is 0.112. The standard InChI is InChI=1S/C25H23ClN2O2/c1-29-23-11-6-16(14-17(23)15-30-19-9-7-18(26)8-10-19)24-25-21(12-13-27-24)20-4-2-3-5-22(20)28-25/h2-11,14,24,27-28H,12-13,15H2,1H3/t24-/m0/s1. The predicted octanol–water partition coefficient (Wildman–Crippen LogP) is 5.64. The molecule has 5 heteroatoms. The second-order valence-corrected chi connectivity index (χ2v) is 7.95. The van der Waals surface area contributed by atoms with E-state index >= 15 is 0 Å². The Morgan fingerprint density at radius 1 is 1.03 bits per heavy atom. The number of halogens is 1.